The van der Waals surface area contributed by atoms with Gasteiger partial charge in [0.25, 0.3) is 5.69 Å². The van der Waals surface area contributed by atoms with Gasteiger partial charge in [-0.3, -0.25) is 19.7 Å². The van der Waals surface area contributed by atoms with E-state index >= 15 is 0 Å². The Morgan fingerprint density at radius 1 is 1.15 bits per heavy atom. The summed E-state index contributed by atoms with van der Waals surface area (Å²) in [5.41, 5.74) is 0.923. The molecule has 136 valence electrons. The highest BCUT2D eigenvalue weighted by molar-refractivity contribution is 5.96. The smallest absolute Gasteiger partial charge is 0.303 e. The molecule has 0 atom stereocenters. The number of nitrogens with zero attached hydrogens (tertiary/aromatic N) is 2. The molecule has 2 rings (SSSR count). The van der Waals surface area contributed by atoms with E-state index in [-0.39, 0.29) is 30.8 Å². The Hall–Kier alpha value is -3.42. The number of rotatable bonds is 8. The number of nitro groups is 1. The number of anilines is 1. The van der Waals surface area contributed by atoms with Crippen LogP contribution in [0.15, 0.2) is 48.5 Å². The molecule has 0 saturated heterocycles. The van der Waals surface area contributed by atoms with Gasteiger partial charge in [-0.05, 0) is 11.6 Å². The van der Waals surface area contributed by atoms with E-state index in [0.717, 1.165) is 5.56 Å². The Kier molecular flexibility index (Phi) is 6.26. The number of carboxylic acids is 1. The minimum absolute atomic E-state index is 0.190. The van der Waals surface area contributed by atoms with E-state index in [1.54, 1.807) is 0 Å². The summed E-state index contributed by atoms with van der Waals surface area (Å²) in [5.74, 6) is -1.27. The van der Waals surface area contributed by atoms with Crippen LogP contribution in [0.2, 0.25) is 0 Å². The molecule has 26 heavy (non-hydrogen) atoms. The first kappa shape index (κ1) is 18.9. The van der Waals surface area contributed by atoms with Crippen molar-refractivity contribution in [2.45, 2.75) is 19.4 Å². The summed E-state index contributed by atoms with van der Waals surface area (Å²) in [5, 5.41) is 19.7. The summed E-state index contributed by atoms with van der Waals surface area (Å²) in [6.45, 7) is 0.225. The Balaban J connectivity index is 2.25. The predicted molar refractivity (Wildman–Crippen MR) is 94.2 cm³/mol. The molecule has 0 saturated carbocycles. The normalized spacial score (nSPS) is 10.2. The summed E-state index contributed by atoms with van der Waals surface area (Å²) < 4.78 is 5.72. The van der Waals surface area contributed by atoms with Crippen LogP contribution in [0.25, 0.3) is 0 Å². The molecule has 2 aromatic carbocycles. The number of non-ortho nitro benzene ring substituents is 1. The number of carbonyl (C=O) groups excluding carboxylic acids is 1. The van der Waals surface area contributed by atoms with E-state index in [1.165, 1.54) is 30.1 Å². The molecular formula is C18H18N2O6. The predicted octanol–water partition coefficient (Wildman–Crippen LogP) is 3.00. The summed E-state index contributed by atoms with van der Waals surface area (Å²) in [6.07, 6.45) is -0.537. The molecule has 0 radical (unpaired) electrons. The third kappa shape index (κ3) is 5.04. The van der Waals surface area contributed by atoms with Gasteiger partial charge in [0.1, 0.15) is 12.4 Å². The van der Waals surface area contributed by atoms with Crippen LogP contribution in [-0.2, 0) is 16.2 Å². The molecule has 0 bridgehead atoms. The van der Waals surface area contributed by atoms with Gasteiger partial charge in [-0.2, -0.15) is 0 Å². The lowest BCUT2D eigenvalue weighted by atomic mass is 10.2. The van der Waals surface area contributed by atoms with Crippen LogP contribution >= 0.6 is 0 Å². The average molecular weight is 358 g/mol. The van der Waals surface area contributed by atoms with Gasteiger partial charge in [-0.1, -0.05) is 30.3 Å². The fourth-order valence-electron chi connectivity index (χ4n) is 2.25. The third-order valence-corrected chi connectivity index (χ3v) is 3.68. The number of carbonyl (C=O) groups is 2. The molecule has 1 N–H and O–H groups in total. The van der Waals surface area contributed by atoms with Crippen molar-refractivity contribution in [1.29, 1.82) is 0 Å². The molecule has 2 aromatic rings. The zero-order valence-corrected chi connectivity index (χ0v) is 14.1. The third-order valence-electron chi connectivity index (χ3n) is 3.68. The van der Waals surface area contributed by atoms with E-state index in [1.807, 2.05) is 30.3 Å². The van der Waals surface area contributed by atoms with E-state index in [4.69, 9.17) is 9.84 Å². The van der Waals surface area contributed by atoms with E-state index < -0.39 is 16.8 Å². The van der Waals surface area contributed by atoms with Crippen molar-refractivity contribution in [2.75, 3.05) is 11.9 Å². The molecule has 8 heteroatoms. The number of amides is 1. The van der Waals surface area contributed by atoms with Crippen LogP contribution in [-0.4, -0.2) is 29.0 Å². The number of benzene rings is 2. The fraction of sp³-hybridized carbons (Fsp3) is 0.222. The van der Waals surface area contributed by atoms with Gasteiger partial charge in [-0.15, -0.1) is 0 Å². The maximum Gasteiger partial charge on any atom is 0.303 e. The quantitative estimate of drug-likeness (QED) is 0.574. The number of hydrogen-bond acceptors (Lipinski definition) is 5. The molecule has 0 fully saturated rings. The Morgan fingerprint density at radius 2 is 1.85 bits per heavy atom. The SMILES string of the molecule is CN(C(=O)CCC(=O)O)c1cc([N+](=O)[O-])ccc1OCc1ccccc1. The van der Waals surface area contributed by atoms with E-state index in [2.05, 4.69) is 0 Å². The van der Waals surface area contributed by atoms with Crippen LogP contribution in [0.3, 0.4) is 0 Å². The van der Waals surface area contributed by atoms with Crippen molar-refractivity contribution in [3.63, 3.8) is 0 Å². The zero-order valence-electron chi connectivity index (χ0n) is 14.1. The van der Waals surface area contributed by atoms with Crippen LogP contribution in [0.5, 0.6) is 5.75 Å². The maximum absolute atomic E-state index is 12.2. The largest absolute Gasteiger partial charge is 0.487 e. The van der Waals surface area contributed by atoms with Gasteiger partial charge in [0.2, 0.25) is 5.91 Å². The molecule has 0 aliphatic heterocycles. The van der Waals surface area contributed by atoms with Crippen molar-refractivity contribution < 1.29 is 24.4 Å². The highest BCUT2D eigenvalue weighted by Crippen LogP contribution is 2.33. The van der Waals surface area contributed by atoms with Crippen molar-refractivity contribution in [3.8, 4) is 5.75 Å². The van der Waals surface area contributed by atoms with Gasteiger partial charge < -0.3 is 14.7 Å². The lowest BCUT2D eigenvalue weighted by Gasteiger charge is -2.20. The number of carboxylic acid groups (broad SMARTS) is 1. The van der Waals surface area contributed by atoms with Gasteiger partial charge in [0.05, 0.1) is 17.0 Å². The van der Waals surface area contributed by atoms with Crippen molar-refractivity contribution in [3.05, 3.63) is 64.2 Å². The average Bonchev–Trinajstić information content (AvgIpc) is 2.64. The first-order chi connectivity index (χ1) is 12.4. The summed E-state index contributed by atoms with van der Waals surface area (Å²) >= 11 is 0. The number of ether oxygens (including phenoxy) is 1. The van der Waals surface area contributed by atoms with Crippen LogP contribution < -0.4 is 9.64 Å². The number of hydrogen-bond donors (Lipinski definition) is 1. The van der Waals surface area contributed by atoms with Gasteiger partial charge >= 0.3 is 5.97 Å². The molecule has 0 spiro atoms. The molecule has 1 amide bonds. The molecule has 0 aromatic heterocycles. The van der Waals surface area contributed by atoms with Gasteiger partial charge in [-0.25, -0.2) is 0 Å². The molecule has 8 nitrogen and oxygen atoms in total. The van der Waals surface area contributed by atoms with E-state index in [0.29, 0.717) is 5.75 Å². The number of aliphatic carboxylic acids is 1. The minimum atomic E-state index is -1.09. The molecule has 0 unspecified atom stereocenters. The maximum atomic E-state index is 12.2. The van der Waals surface area contributed by atoms with E-state index in [9.17, 15) is 19.7 Å². The van der Waals surface area contributed by atoms with Crippen LogP contribution in [0.4, 0.5) is 11.4 Å². The zero-order chi connectivity index (χ0) is 19.1. The molecule has 0 aliphatic rings. The lowest BCUT2D eigenvalue weighted by molar-refractivity contribution is -0.384. The second kappa shape index (κ2) is 8.61. The summed E-state index contributed by atoms with van der Waals surface area (Å²) in [4.78, 5) is 34.5. The molecule has 0 aliphatic carbocycles. The minimum Gasteiger partial charge on any atom is -0.487 e. The standard InChI is InChI=1S/C18H18N2O6/c1-19(17(21)9-10-18(22)23)15-11-14(20(24)25)7-8-16(15)26-12-13-5-3-2-4-6-13/h2-8,11H,9-10,12H2,1H3,(H,22,23). The van der Waals surface area contributed by atoms with Crippen molar-refractivity contribution >= 4 is 23.3 Å². The Bertz CT molecular complexity index is 807. The highest BCUT2D eigenvalue weighted by Gasteiger charge is 2.20. The topological polar surface area (TPSA) is 110 Å². The molecule has 0 heterocycles. The number of nitro benzene ring substituents is 1. The highest BCUT2D eigenvalue weighted by atomic mass is 16.6. The first-order valence-corrected chi connectivity index (χ1v) is 7.82. The molecular weight excluding hydrogens is 340 g/mol. The van der Waals surface area contributed by atoms with Crippen LogP contribution in [0, 0.1) is 10.1 Å². The second-order valence-electron chi connectivity index (χ2n) is 5.53. The lowest BCUT2D eigenvalue weighted by Crippen LogP contribution is -2.27. The monoisotopic (exact) mass is 358 g/mol. The van der Waals surface area contributed by atoms with Gasteiger partial charge in [0.15, 0.2) is 0 Å². The summed E-state index contributed by atoms with van der Waals surface area (Å²) in [7, 11) is 1.43. The van der Waals surface area contributed by atoms with Gasteiger partial charge in [0, 0.05) is 25.6 Å². The van der Waals surface area contributed by atoms with Crippen molar-refractivity contribution in [2.24, 2.45) is 0 Å². The van der Waals surface area contributed by atoms with Crippen molar-refractivity contribution in [1.82, 2.24) is 0 Å². The first-order valence-electron chi connectivity index (χ1n) is 7.82. The summed E-state index contributed by atoms with van der Waals surface area (Å²) in [6, 6.07) is 13.3. The van der Waals surface area contributed by atoms with Crippen LogP contribution in [0.1, 0.15) is 18.4 Å². The Labute approximate surface area is 149 Å². The Morgan fingerprint density at radius 3 is 2.46 bits per heavy atom. The fourth-order valence-corrected chi connectivity index (χ4v) is 2.25. The second-order valence-corrected chi connectivity index (χ2v) is 5.53.